The molecule has 0 aromatic carbocycles. The van der Waals surface area contributed by atoms with E-state index in [2.05, 4.69) is 29.9 Å². The number of pyridine rings is 1. The van der Waals surface area contributed by atoms with Gasteiger partial charge >= 0.3 is 0 Å². The number of H-pyrrole nitrogens is 1. The molecule has 18 heavy (non-hydrogen) atoms. The third kappa shape index (κ3) is 1.98. The van der Waals surface area contributed by atoms with Gasteiger partial charge in [-0.2, -0.15) is 5.10 Å². The lowest BCUT2D eigenvalue weighted by atomic mass is 10.3. The number of hydrogen-bond donors (Lipinski definition) is 2. The van der Waals surface area contributed by atoms with Crippen LogP contribution in [0.2, 0.25) is 0 Å². The van der Waals surface area contributed by atoms with Crippen LogP contribution in [0.15, 0.2) is 30.7 Å². The molecule has 3 heterocycles. The monoisotopic (exact) mass is 242 g/mol. The van der Waals surface area contributed by atoms with E-state index < -0.39 is 0 Å². The fourth-order valence-corrected chi connectivity index (χ4v) is 1.99. The molecular formula is C12H14N6. The number of aromatic nitrogens is 5. The highest BCUT2D eigenvalue weighted by Gasteiger charge is 2.07. The Kier molecular flexibility index (Phi) is 2.77. The van der Waals surface area contributed by atoms with Gasteiger partial charge in [0.1, 0.15) is 17.8 Å². The molecule has 3 aromatic rings. The van der Waals surface area contributed by atoms with Crippen LogP contribution in [0.1, 0.15) is 17.2 Å². The van der Waals surface area contributed by atoms with Gasteiger partial charge in [0.2, 0.25) is 0 Å². The maximum atomic E-state index is 4.52. The average molecular weight is 242 g/mol. The first kappa shape index (κ1) is 10.9. The number of aromatic amines is 1. The summed E-state index contributed by atoms with van der Waals surface area (Å²) >= 11 is 0. The SMILES string of the molecule is Cc1nc2ccccn2c1CNCc1ncn[nH]1. The van der Waals surface area contributed by atoms with Crippen molar-refractivity contribution in [3.05, 3.63) is 47.9 Å². The summed E-state index contributed by atoms with van der Waals surface area (Å²) in [5.41, 5.74) is 3.20. The largest absolute Gasteiger partial charge is 0.304 e. The summed E-state index contributed by atoms with van der Waals surface area (Å²) in [5.74, 6) is 0.835. The Morgan fingerprint density at radius 1 is 1.33 bits per heavy atom. The molecular weight excluding hydrogens is 228 g/mol. The van der Waals surface area contributed by atoms with Crippen LogP contribution in [0.5, 0.6) is 0 Å². The zero-order chi connectivity index (χ0) is 12.4. The molecule has 0 aliphatic carbocycles. The van der Waals surface area contributed by atoms with E-state index in [4.69, 9.17) is 0 Å². The zero-order valence-corrected chi connectivity index (χ0v) is 10.1. The summed E-state index contributed by atoms with van der Waals surface area (Å²) in [6, 6.07) is 6.01. The molecule has 0 radical (unpaired) electrons. The van der Waals surface area contributed by atoms with Crippen molar-refractivity contribution in [2.24, 2.45) is 0 Å². The summed E-state index contributed by atoms with van der Waals surface area (Å²) in [6.45, 7) is 3.44. The molecule has 0 aliphatic rings. The van der Waals surface area contributed by atoms with Gasteiger partial charge in [0.15, 0.2) is 0 Å². The summed E-state index contributed by atoms with van der Waals surface area (Å²) in [7, 11) is 0. The Hall–Kier alpha value is -2.21. The molecule has 6 nitrogen and oxygen atoms in total. The second-order valence-electron chi connectivity index (χ2n) is 4.11. The Labute approximate surface area is 104 Å². The lowest BCUT2D eigenvalue weighted by Crippen LogP contribution is -2.15. The third-order valence-corrected chi connectivity index (χ3v) is 2.88. The zero-order valence-electron chi connectivity index (χ0n) is 10.1. The van der Waals surface area contributed by atoms with Gasteiger partial charge in [0.25, 0.3) is 0 Å². The van der Waals surface area contributed by atoms with Crippen molar-refractivity contribution in [2.45, 2.75) is 20.0 Å². The minimum Gasteiger partial charge on any atom is -0.304 e. The number of imidazole rings is 1. The van der Waals surface area contributed by atoms with Crippen molar-refractivity contribution in [1.29, 1.82) is 0 Å². The van der Waals surface area contributed by atoms with Crippen molar-refractivity contribution < 1.29 is 0 Å². The molecule has 6 heteroatoms. The summed E-state index contributed by atoms with van der Waals surface area (Å²) in [4.78, 5) is 8.58. The normalized spacial score (nSPS) is 11.2. The number of rotatable bonds is 4. The van der Waals surface area contributed by atoms with Crippen molar-refractivity contribution in [2.75, 3.05) is 0 Å². The first-order chi connectivity index (χ1) is 8.84. The molecule has 0 fully saturated rings. The molecule has 0 atom stereocenters. The van der Waals surface area contributed by atoms with Crippen LogP contribution in [-0.4, -0.2) is 24.6 Å². The molecule has 92 valence electrons. The van der Waals surface area contributed by atoms with Crippen molar-refractivity contribution >= 4 is 5.65 Å². The van der Waals surface area contributed by atoms with Crippen molar-refractivity contribution in [3.63, 3.8) is 0 Å². The second kappa shape index (κ2) is 4.58. The molecule has 0 bridgehead atoms. The fourth-order valence-electron chi connectivity index (χ4n) is 1.99. The molecule has 2 N–H and O–H groups in total. The van der Waals surface area contributed by atoms with E-state index >= 15 is 0 Å². The van der Waals surface area contributed by atoms with Gasteiger partial charge in [-0.1, -0.05) is 6.07 Å². The van der Waals surface area contributed by atoms with E-state index in [-0.39, 0.29) is 0 Å². The third-order valence-electron chi connectivity index (χ3n) is 2.88. The van der Waals surface area contributed by atoms with Crippen LogP contribution >= 0.6 is 0 Å². The van der Waals surface area contributed by atoms with Crippen LogP contribution in [-0.2, 0) is 13.1 Å². The van der Waals surface area contributed by atoms with Gasteiger partial charge in [-0.05, 0) is 19.1 Å². The molecule has 3 rings (SSSR count). The number of fused-ring (bicyclic) bond motifs is 1. The smallest absolute Gasteiger partial charge is 0.138 e. The lowest BCUT2D eigenvalue weighted by Gasteiger charge is -2.04. The van der Waals surface area contributed by atoms with Gasteiger partial charge in [-0.3, -0.25) is 5.10 Å². The van der Waals surface area contributed by atoms with Crippen LogP contribution in [0, 0.1) is 6.92 Å². The highest BCUT2D eigenvalue weighted by atomic mass is 15.2. The number of hydrogen-bond acceptors (Lipinski definition) is 4. The van der Waals surface area contributed by atoms with E-state index in [1.807, 2.05) is 31.3 Å². The predicted octanol–water partition coefficient (Wildman–Crippen LogP) is 1.05. The molecule has 3 aromatic heterocycles. The minimum absolute atomic E-state index is 0.666. The van der Waals surface area contributed by atoms with Gasteiger partial charge in [0.05, 0.1) is 17.9 Å². The van der Waals surface area contributed by atoms with E-state index in [1.165, 1.54) is 12.0 Å². The number of aryl methyl sites for hydroxylation is 1. The van der Waals surface area contributed by atoms with Gasteiger partial charge in [-0.25, -0.2) is 9.97 Å². The maximum absolute atomic E-state index is 4.52. The first-order valence-electron chi connectivity index (χ1n) is 5.82. The molecule has 0 unspecified atom stereocenters. The topological polar surface area (TPSA) is 70.9 Å². The molecule has 0 saturated carbocycles. The lowest BCUT2D eigenvalue weighted by molar-refractivity contribution is 0.648. The average Bonchev–Trinajstić information content (AvgIpc) is 2.98. The fraction of sp³-hybridized carbons (Fsp3) is 0.250. The van der Waals surface area contributed by atoms with E-state index in [0.29, 0.717) is 6.54 Å². The van der Waals surface area contributed by atoms with Gasteiger partial charge in [0, 0.05) is 12.7 Å². The Morgan fingerprint density at radius 2 is 2.28 bits per heavy atom. The first-order valence-corrected chi connectivity index (χ1v) is 5.82. The van der Waals surface area contributed by atoms with E-state index in [1.54, 1.807) is 0 Å². The van der Waals surface area contributed by atoms with E-state index in [9.17, 15) is 0 Å². The van der Waals surface area contributed by atoms with Crippen LogP contribution in [0.3, 0.4) is 0 Å². The highest BCUT2D eigenvalue weighted by Crippen LogP contribution is 2.11. The highest BCUT2D eigenvalue weighted by molar-refractivity contribution is 5.42. The van der Waals surface area contributed by atoms with Gasteiger partial charge < -0.3 is 9.72 Å². The molecule has 0 saturated heterocycles. The number of nitrogens with zero attached hydrogens (tertiary/aromatic N) is 4. The Balaban J connectivity index is 1.76. The molecule has 0 aliphatic heterocycles. The van der Waals surface area contributed by atoms with Crippen molar-refractivity contribution in [3.8, 4) is 0 Å². The number of nitrogens with one attached hydrogen (secondary N) is 2. The predicted molar refractivity (Wildman–Crippen MR) is 66.9 cm³/mol. The van der Waals surface area contributed by atoms with Crippen LogP contribution in [0.25, 0.3) is 5.65 Å². The standard InChI is InChI=1S/C12H14N6/c1-9-10(6-13-7-11-14-8-15-17-11)18-5-3-2-4-12(18)16-9/h2-5,8,13H,6-7H2,1H3,(H,14,15,17). The second-order valence-corrected chi connectivity index (χ2v) is 4.11. The molecule has 0 spiro atoms. The maximum Gasteiger partial charge on any atom is 0.138 e. The van der Waals surface area contributed by atoms with Crippen LogP contribution < -0.4 is 5.32 Å². The molecule has 0 amide bonds. The quantitative estimate of drug-likeness (QED) is 0.717. The Bertz CT molecular complexity index is 640. The van der Waals surface area contributed by atoms with Gasteiger partial charge in [-0.15, -0.1) is 0 Å². The summed E-state index contributed by atoms with van der Waals surface area (Å²) in [5, 5.41) is 9.96. The van der Waals surface area contributed by atoms with E-state index in [0.717, 1.165) is 23.7 Å². The minimum atomic E-state index is 0.666. The summed E-state index contributed by atoms with van der Waals surface area (Å²) < 4.78 is 2.10. The Morgan fingerprint density at radius 3 is 3.11 bits per heavy atom. The summed E-state index contributed by atoms with van der Waals surface area (Å²) in [6.07, 6.45) is 3.54. The van der Waals surface area contributed by atoms with Crippen molar-refractivity contribution in [1.82, 2.24) is 29.9 Å². The van der Waals surface area contributed by atoms with Crippen LogP contribution in [0.4, 0.5) is 0 Å².